The van der Waals surface area contributed by atoms with Crippen LogP contribution in [-0.2, 0) is 6.54 Å². The third-order valence-corrected chi connectivity index (χ3v) is 2.73. The summed E-state index contributed by atoms with van der Waals surface area (Å²) in [4.78, 5) is 16.0. The van der Waals surface area contributed by atoms with E-state index in [1.54, 1.807) is 17.0 Å². The van der Waals surface area contributed by atoms with E-state index in [-0.39, 0.29) is 11.0 Å². The van der Waals surface area contributed by atoms with Crippen molar-refractivity contribution >= 4 is 5.82 Å². The van der Waals surface area contributed by atoms with Gasteiger partial charge in [0.2, 0.25) is 0 Å². The van der Waals surface area contributed by atoms with Crippen molar-refractivity contribution in [2.75, 3.05) is 11.9 Å². The van der Waals surface area contributed by atoms with Crippen LogP contribution in [0.15, 0.2) is 17.2 Å². The molecule has 1 atom stereocenters. The summed E-state index contributed by atoms with van der Waals surface area (Å²) in [7, 11) is 0. The number of hydrogen-bond donors (Lipinski definition) is 2. The van der Waals surface area contributed by atoms with Crippen molar-refractivity contribution in [3.63, 3.8) is 0 Å². The first kappa shape index (κ1) is 15.7. The summed E-state index contributed by atoms with van der Waals surface area (Å²) >= 11 is 0. The standard InChI is InChI=1S/C14H25N3O2/c1-5-7-17-8-6-15-12(13(17)19)16-10-11(18)9-14(2,3)4/h6,8,11,18H,5,7,9-10H2,1-4H3,(H,15,16). The molecule has 5 heteroatoms. The second kappa shape index (κ2) is 6.70. The highest BCUT2D eigenvalue weighted by Crippen LogP contribution is 2.20. The number of hydrogen-bond acceptors (Lipinski definition) is 4. The minimum absolute atomic E-state index is 0.0631. The fraction of sp³-hybridized carbons (Fsp3) is 0.714. The molecule has 0 bridgehead atoms. The Bertz CT molecular complexity index is 449. The second-order valence-electron chi connectivity index (χ2n) is 6.07. The zero-order valence-corrected chi connectivity index (χ0v) is 12.3. The van der Waals surface area contributed by atoms with E-state index in [4.69, 9.17) is 0 Å². The Labute approximate surface area is 114 Å². The molecule has 5 nitrogen and oxygen atoms in total. The highest BCUT2D eigenvalue weighted by molar-refractivity contribution is 5.30. The van der Waals surface area contributed by atoms with E-state index in [0.717, 1.165) is 6.42 Å². The maximum Gasteiger partial charge on any atom is 0.293 e. The minimum atomic E-state index is -0.485. The van der Waals surface area contributed by atoms with E-state index in [1.165, 1.54) is 0 Å². The van der Waals surface area contributed by atoms with Gasteiger partial charge in [0.15, 0.2) is 5.82 Å². The predicted molar refractivity (Wildman–Crippen MR) is 77.4 cm³/mol. The van der Waals surface area contributed by atoms with Crippen molar-refractivity contribution < 1.29 is 5.11 Å². The van der Waals surface area contributed by atoms with Crippen molar-refractivity contribution in [2.24, 2.45) is 5.41 Å². The predicted octanol–water partition coefficient (Wildman–Crippen LogP) is 1.86. The van der Waals surface area contributed by atoms with E-state index in [9.17, 15) is 9.90 Å². The first-order valence-electron chi connectivity index (χ1n) is 6.81. The Hall–Kier alpha value is -1.36. The van der Waals surface area contributed by atoms with Gasteiger partial charge in [-0.15, -0.1) is 0 Å². The SMILES string of the molecule is CCCn1ccnc(NCC(O)CC(C)(C)C)c1=O. The molecule has 108 valence electrons. The van der Waals surface area contributed by atoms with Gasteiger partial charge in [0.1, 0.15) is 0 Å². The van der Waals surface area contributed by atoms with Gasteiger partial charge in [0.25, 0.3) is 5.56 Å². The molecule has 0 saturated carbocycles. The van der Waals surface area contributed by atoms with Crippen LogP contribution in [0, 0.1) is 5.41 Å². The smallest absolute Gasteiger partial charge is 0.293 e. The minimum Gasteiger partial charge on any atom is -0.391 e. The van der Waals surface area contributed by atoms with E-state index in [0.29, 0.717) is 25.3 Å². The molecule has 1 heterocycles. The molecule has 1 unspecified atom stereocenters. The van der Waals surface area contributed by atoms with Crippen molar-refractivity contribution in [3.05, 3.63) is 22.7 Å². The molecular weight excluding hydrogens is 242 g/mol. The lowest BCUT2D eigenvalue weighted by molar-refractivity contribution is 0.132. The van der Waals surface area contributed by atoms with Crippen molar-refractivity contribution in [2.45, 2.75) is 53.2 Å². The third-order valence-electron chi connectivity index (χ3n) is 2.73. The average molecular weight is 267 g/mol. The van der Waals surface area contributed by atoms with E-state index >= 15 is 0 Å². The number of nitrogens with one attached hydrogen (secondary N) is 1. The number of nitrogens with zero attached hydrogens (tertiary/aromatic N) is 2. The fourth-order valence-corrected chi connectivity index (χ4v) is 1.98. The van der Waals surface area contributed by atoms with Crippen molar-refractivity contribution in [1.82, 2.24) is 9.55 Å². The quantitative estimate of drug-likeness (QED) is 0.825. The largest absolute Gasteiger partial charge is 0.391 e. The maximum atomic E-state index is 12.0. The Kier molecular flexibility index (Phi) is 5.54. The number of aliphatic hydroxyl groups excluding tert-OH is 1. The highest BCUT2D eigenvalue weighted by Gasteiger charge is 2.17. The van der Waals surface area contributed by atoms with Crippen LogP contribution in [0.1, 0.15) is 40.5 Å². The summed E-state index contributed by atoms with van der Waals surface area (Å²) < 4.78 is 1.63. The fourth-order valence-electron chi connectivity index (χ4n) is 1.98. The average Bonchev–Trinajstić information content (AvgIpc) is 2.28. The van der Waals surface area contributed by atoms with Crippen LogP contribution >= 0.6 is 0 Å². The molecular formula is C14H25N3O2. The Morgan fingerprint density at radius 2 is 2.16 bits per heavy atom. The van der Waals surface area contributed by atoms with Crippen LogP contribution < -0.4 is 10.9 Å². The monoisotopic (exact) mass is 267 g/mol. The zero-order chi connectivity index (χ0) is 14.5. The van der Waals surface area contributed by atoms with Gasteiger partial charge in [-0.05, 0) is 18.3 Å². The maximum absolute atomic E-state index is 12.0. The second-order valence-corrected chi connectivity index (χ2v) is 6.07. The molecule has 0 aliphatic carbocycles. The molecule has 19 heavy (non-hydrogen) atoms. The molecule has 0 aromatic carbocycles. The van der Waals surface area contributed by atoms with E-state index in [1.807, 2.05) is 6.92 Å². The van der Waals surface area contributed by atoms with Gasteiger partial charge in [0, 0.05) is 25.5 Å². The lowest BCUT2D eigenvalue weighted by Gasteiger charge is -2.22. The van der Waals surface area contributed by atoms with Crippen LogP contribution in [-0.4, -0.2) is 27.3 Å². The summed E-state index contributed by atoms with van der Waals surface area (Å²) in [5, 5.41) is 12.9. The van der Waals surface area contributed by atoms with Crippen LogP contribution in [0.3, 0.4) is 0 Å². The van der Waals surface area contributed by atoms with Gasteiger partial charge in [0.05, 0.1) is 6.10 Å². The summed E-state index contributed by atoms with van der Waals surface area (Å²) in [5.74, 6) is 0.309. The van der Waals surface area contributed by atoms with Crippen LogP contribution in [0.2, 0.25) is 0 Å². The summed E-state index contributed by atoms with van der Waals surface area (Å²) in [6.45, 7) is 9.27. The Morgan fingerprint density at radius 3 is 2.74 bits per heavy atom. The van der Waals surface area contributed by atoms with Crippen LogP contribution in [0.5, 0.6) is 0 Å². The molecule has 0 aliphatic heterocycles. The summed E-state index contributed by atoms with van der Waals surface area (Å²) in [6.07, 6.45) is 4.38. The molecule has 1 rings (SSSR count). The topological polar surface area (TPSA) is 67.2 Å². The molecule has 0 amide bonds. The lowest BCUT2D eigenvalue weighted by Crippen LogP contribution is -2.30. The molecule has 1 aromatic rings. The summed E-state index contributed by atoms with van der Waals surface area (Å²) in [5.41, 5.74) is -0.0690. The first-order chi connectivity index (χ1) is 8.83. The van der Waals surface area contributed by atoms with Crippen LogP contribution in [0.25, 0.3) is 0 Å². The molecule has 2 N–H and O–H groups in total. The molecule has 0 saturated heterocycles. The van der Waals surface area contributed by atoms with Gasteiger partial charge in [-0.3, -0.25) is 4.79 Å². The number of aliphatic hydroxyl groups is 1. The van der Waals surface area contributed by atoms with Gasteiger partial charge >= 0.3 is 0 Å². The van der Waals surface area contributed by atoms with Crippen molar-refractivity contribution in [3.8, 4) is 0 Å². The summed E-state index contributed by atoms with van der Waals surface area (Å²) in [6, 6.07) is 0. The Balaban J connectivity index is 2.63. The van der Waals surface area contributed by atoms with Crippen LogP contribution in [0.4, 0.5) is 5.82 Å². The number of anilines is 1. The van der Waals surface area contributed by atoms with Gasteiger partial charge in [-0.1, -0.05) is 27.7 Å². The zero-order valence-electron chi connectivity index (χ0n) is 12.3. The normalized spacial score (nSPS) is 13.3. The number of aromatic nitrogens is 2. The number of rotatable bonds is 6. The molecule has 0 aliphatic rings. The number of aryl methyl sites for hydroxylation is 1. The Morgan fingerprint density at radius 1 is 1.47 bits per heavy atom. The third kappa shape index (κ3) is 5.42. The molecule has 1 aromatic heterocycles. The molecule has 0 fully saturated rings. The molecule has 0 radical (unpaired) electrons. The van der Waals surface area contributed by atoms with E-state index < -0.39 is 6.10 Å². The first-order valence-corrected chi connectivity index (χ1v) is 6.81. The van der Waals surface area contributed by atoms with Gasteiger partial charge in [-0.2, -0.15) is 0 Å². The van der Waals surface area contributed by atoms with Gasteiger partial charge in [-0.25, -0.2) is 4.98 Å². The van der Waals surface area contributed by atoms with Crippen molar-refractivity contribution in [1.29, 1.82) is 0 Å². The lowest BCUT2D eigenvalue weighted by atomic mass is 9.89. The highest BCUT2D eigenvalue weighted by atomic mass is 16.3. The molecule has 0 spiro atoms. The van der Waals surface area contributed by atoms with Gasteiger partial charge < -0.3 is 15.0 Å². The van der Waals surface area contributed by atoms with E-state index in [2.05, 4.69) is 31.1 Å².